The number of hydrogen-bond donors (Lipinski definition) is 1. The zero-order valence-corrected chi connectivity index (χ0v) is 25.5. The highest BCUT2D eigenvalue weighted by atomic mass is 32.1. The monoisotopic (exact) mass is 523 g/mol. The van der Waals surface area contributed by atoms with Crippen LogP contribution in [0.3, 0.4) is 0 Å². The second-order valence-corrected chi connectivity index (χ2v) is 12.6. The summed E-state index contributed by atoms with van der Waals surface area (Å²) in [4.78, 5) is 2.01. The van der Waals surface area contributed by atoms with Crippen molar-refractivity contribution in [2.45, 2.75) is 181 Å². The molecule has 1 nitrogen and oxygen atoms in total. The lowest BCUT2D eigenvalue weighted by Crippen LogP contribution is -2.29. The number of nitrogens with one attached hydrogen (secondary N) is 1. The fourth-order valence-electron chi connectivity index (χ4n) is 5.79. The van der Waals surface area contributed by atoms with Crippen LogP contribution in [0.2, 0.25) is 0 Å². The predicted molar refractivity (Wildman–Crippen MR) is 167 cm³/mol. The third-order valence-electron chi connectivity index (χ3n) is 8.14. The van der Waals surface area contributed by atoms with Crippen LogP contribution in [0.25, 0.3) is 0 Å². The van der Waals surface area contributed by atoms with E-state index in [9.17, 15) is 0 Å². The molecular formula is C32H61NS2. The van der Waals surface area contributed by atoms with Gasteiger partial charge in [0.2, 0.25) is 0 Å². The molecule has 1 heterocycles. The Labute approximate surface area is 231 Å². The largest absolute Gasteiger partial charge is 0.345 e. The van der Waals surface area contributed by atoms with Crippen molar-refractivity contribution in [2.75, 3.05) is 0 Å². The highest BCUT2D eigenvalue weighted by Gasteiger charge is 2.20. The van der Waals surface area contributed by atoms with E-state index in [1.165, 1.54) is 154 Å². The van der Waals surface area contributed by atoms with Crippen LogP contribution in [0.1, 0.15) is 181 Å². The SMILES string of the molecule is CCCCCCCCCCCCC1CCC(CCCCCCCCCCCC)CC(=S)NC(=S)C1. The summed E-state index contributed by atoms with van der Waals surface area (Å²) < 4.78 is 0. The van der Waals surface area contributed by atoms with E-state index in [4.69, 9.17) is 24.4 Å². The molecule has 3 heteroatoms. The fourth-order valence-corrected chi connectivity index (χ4v) is 6.57. The van der Waals surface area contributed by atoms with Crippen LogP contribution in [0.15, 0.2) is 0 Å². The lowest BCUT2D eigenvalue weighted by atomic mass is 9.86. The molecule has 0 aromatic carbocycles. The van der Waals surface area contributed by atoms with Gasteiger partial charge in [0, 0.05) is 12.8 Å². The lowest BCUT2D eigenvalue weighted by Gasteiger charge is -2.19. The molecule has 1 N–H and O–H groups in total. The first-order valence-electron chi connectivity index (χ1n) is 16.0. The van der Waals surface area contributed by atoms with Gasteiger partial charge in [0.25, 0.3) is 0 Å². The molecule has 0 aromatic heterocycles. The molecule has 1 aliphatic heterocycles. The summed E-state index contributed by atoms with van der Waals surface area (Å²) in [6.45, 7) is 4.60. The summed E-state index contributed by atoms with van der Waals surface area (Å²) >= 11 is 11.3. The Hall–Kier alpha value is -0.0200. The minimum atomic E-state index is 0.764. The minimum absolute atomic E-state index is 0.764. The van der Waals surface area contributed by atoms with Gasteiger partial charge in [-0.25, -0.2) is 0 Å². The number of thiocarbonyl (C=S) groups is 2. The predicted octanol–water partition coefficient (Wildman–Crippen LogP) is 11.7. The van der Waals surface area contributed by atoms with Gasteiger partial charge in [-0.3, -0.25) is 0 Å². The molecule has 0 radical (unpaired) electrons. The number of unbranched alkanes of at least 4 members (excludes halogenated alkanes) is 18. The van der Waals surface area contributed by atoms with Crippen molar-refractivity contribution in [3.8, 4) is 0 Å². The summed E-state index contributed by atoms with van der Waals surface area (Å²) in [6.07, 6.45) is 35.9. The molecule has 206 valence electrons. The molecule has 2 atom stereocenters. The summed E-state index contributed by atoms with van der Waals surface area (Å²) in [5.74, 6) is 1.53. The Kier molecular flexibility index (Phi) is 22.9. The molecule has 0 saturated carbocycles. The first kappa shape index (κ1) is 33.0. The highest BCUT2D eigenvalue weighted by molar-refractivity contribution is 7.81. The van der Waals surface area contributed by atoms with E-state index in [1.807, 2.05) is 0 Å². The van der Waals surface area contributed by atoms with Gasteiger partial charge in [-0.2, -0.15) is 0 Å². The van der Waals surface area contributed by atoms with Gasteiger partial charge in [-0.15, -0.1) is 0 Å². The van der Waals surface area contributed by atoms with Gasteiger partial charge in [-0.1, -0.05) is 180 Å². The standard InChI is InChI=1S/C32H61NS2/c1-3-5-7-9-11-13-15-17-19-21-23-29-25-26-30(28-32(35)33-31(34)27-29)24-22-20-18-16-14-12-10-8-6-4-2/h29-30H,3-28H2,1-2H3,(H,33,34,35). The molecule has 1 fully saturated rings. The molecule has 1 aliphatic rings. The van der Waals surface area contributed by atoms with Gasteiger partial charge < -0.3 is 5.32 Å². The van der Waals surface area contributed by atoms with Crippen molar-refractivity contribution in [1.82, 2.24) is 5.32 Å². The first-order chi connectivity index (χ1) is 17.2. The molecule has 1 saturated heterocycles. The normalized spacial score (nSPS) is 19.3. The van der Waals surface area contributed by atoms with Crippen LogP contribution in [0.5, 0.6) is 0 Å². The van der Waals surface area contributed by atoms with Crippen LogP contribution < -0.4 is 5.32 Å². The molecule has 0 spiro atoms. The topological polar surface area (TPSA) is 12.0 Å². The molecule has 35 heavy (non-hydrogen) atoms. The van der Waals surface area contributed by atoms with Crippen molar-refractivity contribution in [1.29, 1.82) is 0 Å². The van der Waals surface area contributed by atoms with E-state index in [-0.39, 0.29) is 0 Å². The third kappa shape index (κ3) is 20.7. The maximum Gasteiger partial charge on any atom is 0.0803 e. The molecule has 1 rings (SSSR count). The number of hydrogen-bond acceptors (Lipinski definition) is 2. The van der Waals surface area contributed by atoms with Gasteiger partial charge >= 0.3 is 0 Å². The summed E-state index contributed by atoms with van der Waals surface area (Å²) in [6, 6.07) is 0. The Morgan fingerprint density at radius 2 is 0.771 bits per heavy atom. The summed E-state index contributed by atoms with van der Waals surface area (Å²) in [7, 11) is 0. The lowest BCUT2D eigenvalue weighted by molar-refractivity contribution is 0.358. The maximum atomic E-state index is 5.67. The molecular weight excluding hydrogens is 462 g/mol. The van der Waals surface area contributed by atoms with E-state index >= 15 is 0 Å². The molecule has 2 unspecified atom stereocenters. The van der Waals surface area contributed by atoms with Crippen molar-refractivity contribution >= 4 is 34.4 Å². The highest BCUT2D eigenvalue weighted by Crippen LogP contribution is 2.28. The zero-order chi connectivity index (χ0) is 25.4. The average Bonchev–Trinajstić information content (AvgIpc) is 2.90. The van der Waals surface area contributed by atoms with E-state index in [1.54, 1.807) is 0 Å². The Morgan fingerprint density at radius 3 is 1.09 bits per heavy atom. The van der Waals surface area contributed by atoms with Crippen LogP contribution in [-0.2, 0) is 0 Å². The summed E-state index contributed by atoms with van der Waals surface area (Å²) in [5, 5.41) is 3.42. The van der Waals surface area contributed by atoms with Crippen LogP contribution in [0.4, 0.5) is 0 Å². The molecule has 0 aromatic rings. The van der Waals surface area contributed by atoms with E-state index in [0.717, 1.165) is 34.7 Å². The molecule has 0 amide bonds. The van der Waals surface area contributed by atoms with Crippen molar-refractivity contribution in [3.05, 3.63) is 0 Å². The van der Waals surface area contributed by atoms with Crippen molar-refractivity contribution in [3.63, 3.8) is 0 Å². The Morgan fingerprint density at radius 1 is 0.486 bits per heavy atom. The Bertz CT molecular complexity index is 460. The maximum absolute atomic E-state index is 5.67. The van der Waals surface area contributed by atoms with Crippen molar-refractivity contribution < 1.29 is 0 Å². The van der Waals surface area contributed by atoms with Gasteiger partial charge in [0.05, 0.1) is 9.98 Å². The van der Waals surface area contributed by atoms with Gasteiger partial charge in [0.15, 0.2) is 0 Å². The Balaban J connectivity index is 2.16. The minimum Gasteiger partial charge on any atom is -0.345 e. The number of rotatable bonds is 22. The van der Waals surface area contributed by atoms with E-state index in [0.29, 0.717) is 0 Å². The van der Waals surface area contributed by atoms with Crippen LogP contribution in [0, 0.1) is 11.8 Å². The second kappa shape index (κ2) is 24.3. The molecule has 0 aliphatic carbocycles. The van der Waals surface area contributed by atoms with Gasteiger partial charge in [-0.05, 0) is 24.7 Å². The van der Waals surface area contributed by atoms with Crippen LogP contribution in [-0.4, -0.2) is 9.98 Å². The second-order valence-electron chi connectivity index (χ2n) is 11.6. The molecule has 0 bridgehead atoms. The van der Waals surface area contributed by atoms with Crippen molar-refractivity contribution in [2.24, 2.45) is 11.8 Å². The van der Waals surface area contributed by atoms with E-state index < -0.39 is 0 Å². The van der Waals surface area contributed by atoms with E-state index in [2.05, 4.69) is 19.2 Å². The smallest absolute Gasteiger partial charge is 0.0803 e. The van der Waals surface area contributed by atoms with Crippen LogP contribution >= 0.6 is 24.4 Å². The zero-order valence-electron chi connectivity index (χ0n) is 23.9. The quantitative estimate of drug-likeness (QED) is 0.112. The third-order valence-corrected chi connectivity index (χ3v) is 8.68. The van der Waals surface area contributed by atoms with Gasteiger partial charge in [0.1, 0.15) is 0 Å². The first-order valence-corrected chi connectivity index (χ1v) is 16.8. The summed E-state index contributed by atoms with van der Waals surface area (Å²) in [5.41, 5.74) is 0. The average molecular weight is 524 g/mol. The fraction of sp³-hybridized carbons (Fsp3) is 0.938.